The lowest BCUT2D eigenvalue weighted by Crippen LogP contribution is -2.36. The Morgan fingerprint density at radius 1 is 1.32 bits per heavy atom. The minimum absolute atomic E-state index is 0.277. The second kappa shape index (κ2) is 5.88. The van der Waals surface area contributed by atoms with Crippen molar-refractivity contribution in [2.24, 2.45) is 5.92 Å². The number of hydrogen-bond donors (Lipinski definition) is 1. The maximum absolute atomic E-state index is 9.29. The molecule has 6 heteroatoms. The van der Waals surface area contributed by atoms with E-state index in [0.29, 0.717) is 5.92 Å². The molecule has 104 valence electrons. The van der Waals surface area contributed by atoms with Crippen LogP contribution in [0.4, 0.5) is 11.1 Å². The Kier molecular flexibility index (Phi) is 3.98. The van der Waals surface area contributed by atoms with Crippen LogP contribution in [0.1, 0.15) is 19.3 Å². The Balaban J connectivity index is 1.68. The van der Waals surface area contributed by atoms with Gasteiger partial charge in [-0.15, -0.1) is 0 Å². The molecule has 1 aromatic rings. The van der Waals surface area contributed by atoms with E-state index in [4.69, 9.17) is 0 Å². The lowest BCUT2D eigenvalue weighted by molar-refractivity contribution is 0.208. The van der Waals surface area contributed by atoms with Crippen LogP contribution in [0.2, 0.25) is 0 Å². The molecule has 1 N–H and O–H groups in total. The predicted molar refractivity (Wildman–Crippen MR) is 77.9 cm³/mol. The summed E-state index contributed by atoms with van der Waals surface area (Å²) in [5.41, 5.74) is 0. The van der Waals surface area contributed by atoms with E-state index in [1.165, 1.54) is 11.5 Å². The zero-order chi connectivity index (χ0) is 13.1. The largest absolute Gasteiger partial charge is 0.396 e. The molecule has 1 aromatic heterocycles. The van der Waals surface area contributed by atoms with Crippen molar-refractivity contribution in [3.05, 3.63) is 12.2 Å². The number of anilines is 2. The maximum Gasteiger partial charge on any atom is 0.239 e. The van der Waals surface area contributed by atoms with Crippen molar-refractivity contribution in [3.8, 4) is 0 Å². The molecule has 1 unspecified atom stereocenters. The van der Waals surface area contributed by atoms with Gasteiger partial charge in [0.15, 0.2) is 0 Å². The first-order chi connectivity index (χ1) is 9.36. The molecule has 2 aliphatic rings. The predicted octanol–water partition coefficient (Wildman–Crippen LogP) is 1.51. The van der Waals surface area contributed by atoms with Gasteiger partial charge in [0.1, 0.15) is 0 Å². The average molecular weight is 280 g/mol. The first kappa shape index (κ1) is 12.9. The third-order valence-corrected chi connectivity index (χ3v) is 4.56. The maximum atomic E-state index is 9.29. The summed E-state index contributed by atoms with van der Waals surface area (Å²) in [5.74, 6) is 1.24. The summed E-state index contributed by atoms with van der Waals surface area (Å²) in [6, 6.07) is 0. The van der Waals surface area contributed by atoms with Crippen LogP contribution in [0.3, 0.4) is 0 Å². The Hall–Kier alpha value is -1.14. The van der Waals surface area contributed by atoms with Crippen molar-refractivity contribution in [2.75, 3.05) is 42.6 Å². The Morgan fingerprint density at radius 3 is 3.05 bits per heavy atom. The number of aliphatic hydroxyl groups excluding tert-OH is 1. The fourth-order valence-corrected chi connectivity index (χ4v) is 3.40. The zero-order valence-corrected chi connectivity index (χ0v) is 11.8. The van der Waals surface area contributed by atoms with Gasteiger partial charge >= 0.3 is 0 Å². The number of nitrogens with zero attached hydrogens (tertiary/aromatic N) is 4. The van der Waals surface area contributed by atoms with Crippen LogP contribution in [0.5, 0.6) is 0 Å². The van der Waals surface area contributed by atoms with Gasteiger partial charge in [-0.1, -0.05) is 12.2 Å². The molecule has 0 radical (unpaired) electrons. The molecule has 0 aromatic carbocycles. The van der Waals surface area contributed by atoms with Crippen molar-refractivity contribution in [1.82, 2.24) is 9.36 Å². The standard InChI is InChI=1S/C13H20N4OS/c18-10-11-5-4-8-17(9-11)13-14-12(15-19-13)16-6-2-1-3-7-16/h1-2,11,18H,3-10H2. The van der Waals surface area contributed by atoms with Crippen molar-refractivity contribution in [2.45, 2.75) is 19.3 Å². The second-order valence-electron chi connectivity index (χ2n) is 5.22. The summed E-state index contributed by atoms with van der Waals surface area (Å²) >= 11 is 1.48. The van der Waals surface area contributed by atoms with Gasteiger partial charge in [-0.3, -0.25) is 0 Å². The molecule has 3 rings (SSSR count). The van der Waals surface area contributed by atoms with Gasteiger partial charge in [0, 0.05) is 44.3 Å². The Morgan fingerprint density at radius 2 is 2.26 bits per heavy atom. The van der Waals surface area contributed by atoms with E-state index in [2.05, 4.69) is 31.3 Å². The number of piperidine rings is 1. The molecule has 2 aliphatic heterocycles. The number of rotatable bonds is 3. The van der Waals surface area contributed by atoms with Crippen molar-refractivity contribution in [1.29, 1.82) is 0 Å². The molecule has 1 saturated heterocycles. The van der Waals surface area contributed by atoms with E-state index >= 15 is 0 Å². The Bertz CT molecular complexity index is 448. The minimum atomic E-state index is 0.277. The molecule has 5 nitrogen and oxygen atoms in total. The van der Waals surface area contributed by atoms with Gasteiger partial charge in [0.05, 0.1) is 0 Å². The van der Waals surface area contributed by atoms with Crippen LogP contribution in [-0.2, 0) is 0 Å². The summed E-state index contributed by atoms with van der Waals surface area (Å²) in [6.07, 6.45) is 7.71. The van der Waals surface area contributed by atoms with Crippen LogP contribution in [-0.4, -0.2) is 47.2 Å². The van der Waals surface area contributed by atoms with E-state index in [1.54, 1.807) is 0 Å². The zero-order valence-electron chi connectivity index (χ0n) is 11.0. The molecule has 0 aliphatic carbocycles. The van der Waals surface area contributed by atoms with Gasteiger partial charge in [-0.05, 0) is 25.2 Å². The third kappa shape index (κ3) is 2.90. The van der Waals surface area contributed by atoms with E-state index in [1.807, 2.05) is 0 Å². The summed E-state index contributed by atoms with van der Waals surface area (Å²) < 4.78 is 4.48. The molecule has 1 fully saturated rings. The molecule has 0 amide bonds. The summed E-state index contributed by atoms with van der Waals surface area (Å²) in [5, 5.41) is 10.3. The van der Waals surface area contributed by atoms with Crippen LogP contribution in [0.25, 0.3) is 0 Å². The van der Waals surface area contributed by atoms with Gasteiger partial charge in [0.25, 0.3) is 0 Å². The lowest BCUT2D eigenvalue weighted by Gasteiger charge is -2.31. The van der Waals surface area contributed by atoms with Crippen LogP contribution >= 0.6 is 11.5 Å². The van der Waals surface area contributed by atoms with E-state index in [9.17, 15) is 5.11 Å². The average Bonchev–Trinajstić information content (AvgIpc) is 2.98. The fraction of sp³-hybridized carbons (Fsp3) is 0.692. The fourth-order valence-electron chi connectivity index (χ4n) is 2.68. The second-order valence-corrected chi connectivity index (χ2v) is 5.95. The topological polar surface area (TPSA) is 52.5 Å². The molecular formula is C13H20N4OS. The molecule has 0 spiro atoms. The molecule has 0 bridgehead atoms. The highest BCUT2D eigenvalue weighted by atomic mass is 32.1. The molecule has 1 atom stereocenters. The Labute approximate surface area is 117 Å². The molecule has 3 heterocycles. The van der Waals surface area contributed by atoms with Crippen molar-refractivity contribution >= 4 is 22.6 Å². The van der Waals surface area contributed by atoms with Crippen LogP contribution in [0.15, 0.2) is 12.2 Å². The summed E-state index contributed by atoms with van der Waals surface area (Å²) in [7, 11) is 0. The first-order valence-electron chi connectivity index (χ1n) is 6.96. The summed E-state index contributed by atoms with van der Waals surface area (Å²) in [4.78, 5) is 9.16. The SMILES string of the molecule is OCC1CCCN(c2nc(N3CC=CCC3)ns2)C1. The smallest absolute Gasteiger partial charge is 0.239 e. The third-order valence-electron chi connectivity index (χ3n) is 3.79. The quantitative estimate of drug-likeness (QED) is 0.851. The van der Waals surface area contributed by atoms with Gasteiger partial charge in [-0.2, -0.15) is 9.36 Å². The highest BCUT2D eigenvalue weighted by Crippen LogP contribution is 2.27. The number of aromatic nitrogens is 2. The van der Waals surface area contributed by atoms with Gasteiger partial charge < -0.3 is 14.9 Å². The number of aliphatic hydroxyl groups is 1. The lowest BCUT2D eigenvalue weighted by atomic mass is 10.00. The monoisotopic (exact) mass is 280 g/mol. The highest BCUT2D eigenvalue weighted by Gasteiger charge is 2.23. The highest BCUT2D eigenvalue weighted by molar-refractivity contribution is 7.09. The minimum Gasteiger partial charge on any atom is -0.396 e. The normalized spacial score (nSPS) is 23.9. The van der Waals surface area contributed by atoms with E-state index in [-0.39, 0.29) is 6.61 Å². The molecule has 19 heavy (non-hydrogen) atoms. The van der Waals surface area contributed by atoms with Crippen LogP contribution < -0.4 is 9.80 Å². The van der Waals surface area contributed by atoms with Crippen molar-refractivity contribution in [3.63, 3.8) is 0 Å². The molecular weight excluding hydrogens is 260 g/mol. The van der Waals surface area contributed by atoms with Crippen LogP contribution in [0, 0.1) is 5.92 Å². The number of hydrogen-bond acceptors (Lipinski definition) is 6. The first-order valence-corrected chi connectivity index (χ1v) is 7.73. The summed E-state index contributed by atoms with van der Waals surface area (Å²) in [6.45, 7) is 4.14. The van der Waals surface area contributed by atoms with Gasteiger partial charge in [0.2, 0.25) is 11.1 Å². The van der Waals surface area contributed by atoms with E-state index < -0.39 is 0 Å². The van der Waals surface area contributed by atoms with Gasteiger partial charge in [-0.25, -0.2) is 0 Å². The van der Waals surface area contributed by atoms with Crippen molar-refractivity contribution < 1.29 is 5.11 Å². The molecule has 0 saturated carbocycles. The van der Waals surface area contributed by atoms with E-state index in [0.717, 1.165) is 56.5 Å².